The lowest BCUT2D eigenvalue weighted by atomic mass is 10.0. The van der Waals surface area contributed by atoms with Crippen molar-refractivity contribution in [3.05, 3.63) is 77.9 Å². The van der Waals surface area contributed by atoms with Gasteiger partial charge in [-0.3, -0.25) is 19.2 Å². The Morgan fingerprint density at radius 2 is 1.52 bits per heavy atom. The van der Waals surface area contributed by atoms with Crippen molar-refractivity contribution in [1.29, 1.82) is 0 Å². The van der Waals surface area contributed by atoms with E-state index in [1.165, 1.54) is 6.08 Å². The maximum absolute atomic E-state index is 13.6. The number of hydrogen-bond acceptors (Lipinski definition) is 4. The van der Waals surface area contributed by atoms with Gasteiger partial charge in [0.25, 0.3) is 0 Å². The molecule has 8 nitrogen and oxygen atoms in total. The monoisotopic (exact) mass is 574 g/mol. The summed E-state index contributed by atoms with van der Waals surface area (Å²) in [6, 6.07) is 16.8. The summed E-state index contributed by atoms with van der Waals surface area (Å²) in [4.78, 5) is 54.8. The van der Waals surface area contributed by atoms with Crippen LogP contribution in [0.25, 0.3) is 6.08 Å². The normalized spacial score (nSPS) is 16.4. The van der Waals surface area contributed by atoms with E-state index < -0.39 is 24.0 Å². The molecule has 2 aromatic rings. The lowest BCUT2D eigenvalue weighted by molar-refractivity contribution is -0.137. The largest absolute Gasteiger partial charge is 0.354 e. The Morgan fingerprint density at radius 3 is 2.17 bits per heavy atom. The van der Waals surface area contributed by atoms with Crippen LogP contribution >= 0.6 is 0 Å². The van der Waals surface area contributed by atoms with Crippen LogP contribution in [0.15, 0.2) is 66.7 Å². The average molecular weight is 575 g/mol. The van der Waals surface area contributed by atoms with E-state index in [2.05, 4.69) is 29.8 Å². The molecule has 226 valence electrons. The van der Waals surface area contributed by atoms with Gasteiger partial charge in [0.15, 0.2) is 0 Å². The van der Waals surface area contributed by atoms with Crippen molar-refractivity contribution in [2.45, 2.75) is 77.9 Å². The lowest BCUT2D eigenvalue weighted by Gasteiger charge is -2.27. The van der Waals surface area contributed by atoms with E-state index in [9.17, 15) is 19.2 Å². The average Bonchev–Trinajstić information content (AvgIpc) is 3.46. The molecular formula is C34H46N4O4. The van der Waals surface area contributed by atoms with Crippen LogP contribution in [-0.2, 0) is 25.6 Å². The van der Waals surface area contributed by atoms with Gasteiger partial charge in [-0.1, -0.05) is 88.4 Å². The van der Waals surface area contributed by atoms with E-state index in [0.717, 1.165) is 17.5 Å². The first-order valence-electron chi connectivity index (χ1n) is 15.1. The summed E-state index contributed by atoms with van der Waals surface area (Å²) in [5.74, 6) is -0.687. The third-order valence-corrected chi connectivity index (χ3v) is 7.33. The molecule has 0 saturated carbocycles. The number of nitrogens with zero attached hydrogens (tertiary/aromatic N) is 1. The Kier molecular flexibility index (Phi) is 12.8. The predicted molar refractivity (Wildman–Crippen MR) is 166 cm³/mol. The van der Waals surface area contributed by atoms with Crippen LogP contribution in [0.5, 0.6) is 0 Å². The Hall–Kier alpha value is -3.94. The van der Waals surface area contributed by atoms with Crippen LogP contribution in [-0.4, -0.2) is 59.7 Å². The van der Waals surface area contributed by atoms with E-state index in [4.69, 9.17) is 0 Å². The highest BCUT2D eigenvalue weighted by molar-refractivity contribution is 5.97. The summed E-state index contributed by atoms with van der Waals surface area (Å²) in [7, 11) is 0. The SMILES string of the molecule is CC(C)CCNC(=O)[C@H](Cc1ccccc1)NC(=O)[C@H](CC(C)C)NC(=O)[C@@H]1CCCN1C(=O)/C=C/c1ccccc1. The Morgan fingerprint density at radius 1 is 0.857 bits per heavy atom. The molecule has 2 aromatic carbocycles. The molecular weight excluding hydrogens is 528 g/mol. The number of hydrogen-bond donors (Lipinski definition) is 3. The third kappa shape index (κ3) is 10.5. The van der Waals surface area contributed by atoms with Gasteiger partial charge in [0.2, 0.25) is 23.6 Å². The van der Waals surface area contributed by atoms with Crippen LogP contribution in [0, 0.1) is 11.8 Å². The highest BCUT2D eigenvalue weighted by Crippen LogP contribution is 2.19. The molecule has 3 rings (SSSR count). The molecule has 0 aliphatic carbocycles. The summed E-state index contributed by atoms with van der Waals surface area (Å²) in [6.45, 7) is 9.14. The molecule has 1 heterocycles. The number of carbonyl (C=O) groups is 4. The van der Waals surface area contributed by atoms with E-state index in [-0.39, 0.29) is 23.6 Å². The summed E-state index contributed by atoms with van der Waals surface area (Å²) in [5, 5.41) is 8.79. The second-order valence-electron chi connectivity index (χ2n) is 11.8. The van der Waals surface area contributed by atoms with E-state index in [0.29, 0.717) is 44.7 Å². The van der Waals surface area contributed by atoms with Crippen molar-refractivity contribution in [2.24, 2.45) is 11.8 Å². The minimum atomic E-state index is -0.836. The van der Waals surface area contributed by atoms with E-state index >= 15 is 0 Å². The molecule has 8 heteroatoms. The van der Waals surface area contributed by atoms with Gasteiger partial charge in [0.05, 0.1) is 0 Å². The maximum atomic E-state index is 13.6. The number of carbonyl (C=O) groups excluding carboxylic acids is 4. The third-order valence-electron chi connectivity index (χ3n) is 7.33. The Balaban J connectivity index is 1.70. The van der Waals surface area contributed by atoms with Gasteiger partial charge >= 0.3 is 0 Å². The minimum Gasteiger partial charge on any atom is -0.354 e. The van der Waals surface area contributed by atoms with E-state index in [1.54, 1.807) is 11.0 Å². The molecule has 4 amide bonds. The van der Waals surface area contributed by atoms with Crippen molar-refractivity contribution in [2.75, 3.05) is 13.1 Å². The first-order valence-corrected chi connectivity index (χ1v) is 15.1. The fourth-order valence-corrected chi connectivity index (χ4v) is 5.04. The smallest absolute Gasteiger partial charge is 0.247 e. The molecule has 1 saturated heterocycles. The first kappa shape index (κ1) is 32.6. The van der Waals surface area contributed by atoms with Crippen molar-refractivity contribution >= 4 is 29.7 Å². The molecule has 3 N–H and O–H groups in total. The molecule has 42 heavy (non-hydrogen) atoms. The molecule has 3 atom stereocenters. The summed E-state index contributed by atoms with van der Waals surface area (Å²) in [6.07, 6.45) is 6.04. The van der Waals surface area contributed by atoms with Gasteiger partial charge in [-0.05, 0) is 54.7 Å². The van der Waals surface area contributed by atoms with Gasteiger partial charge < -0.3 is 20.9 Å². The highest BCUT2D eigenvalue weighted by atomic mass is 16.2. The zero-order chi connectivity index (χ0) is 30.5. The van der Waals surface area contributed by atoms with Crippen LogP contribution in [0.4, 0.5) is 0 Å². The maximum Gasteiger partial charge on any atom is 0.247 e. The fourth-order valence-electron chi connectivity index (χ4n) is 5.04. The zero-order valence-corrected chi connectivity index (χ0v) is 25.3. The second-order valence-corrected chi connectivity index (χ2v) is 11.8. The summed E-state index contributed by atoms with van der Waals surface area (Å²) in [5.41, 5.74) is 1.83. The van der Waals surface area contributed by atoms with E-state index in [1.807, 2.05) is 74.5 Å². The first-order chi connectivity index (χ1) is 20.1. The van der Waals surface area contributed by atoms with Crippen LogP contribution in [0.3, 0.4) is 0 Å². The molecule has 1 aliphatic rings. The molecule has 0 unspecified atom stereocenters. The molecule has 1 fully saturated rings. The molecule has 0 spiro atoms. The van der Waals surface area contributed by atoms with Gasteiger partial charge in [-0.2, -0.15) is 0 Å². The number of benzene rings is 2. The van der Waals surface area contributed by atoms with Crippen molar-refractivity contribution in [3.8, 4) is 0 Å². The zero-order valence-electron chi connectivity index (χ0n) is 25.3. The van der Waals surface area contributed by atoms with Crippen molar-refractivity contribution < 1.29 is 19.2 Å². The predicted octanol–water partition coefficient (Wildman–Crippen LogP) is 4.11. The quantitative estimate of drug-likeness (QED) is 0.295. The van der Waals surface area contributed by atoms with Gasteiger partial charge in [-0.25, -0.2) is 0 Å². The number of rotatable bonds is 14. The highest BCUT2D eigenvalue weighted by Gasteiger charge is 2.36. The van der Waals surface area contributed by atoms with Crippen molar-refractivity contribution in [1.82, 2.24) is 20.9 Å². The molecule has 0 radical (unpaired) electrons. The lowest BCUT2D eigenvalue weighted by Crippen LogP contribution is -2.57. The molecule has 0 bridgehead atoms. The topological polar surface area (TPSA) is 108 Å². The van der Waals surface area contributed by atoms with Crippen LogP contribution in [0.2, 0.25) is 0 Å². The Bertz CT molecular complexity index is 1200. The standard InChI is InChI=1S/C34H46N4O4/c1-24(2)19-20-35-32(40)29(23-27-14-9-6-10-15-27)36-33(41)28(22-25(3)4)37-34(42)30-16-11-21-38(30)31(39)18-17-26-12-7-5-8-13-26/h5-10,12-15,17-18,24-25,28-30H,11,16,19-23H2,1-4H3,(H,35,40)(H,36,41)(H,37,42)/b18-17+/t28-,29-,30-/m0/s1. The molecule has 0 aromatic heterocycles. The molecule has 1 aliphatic heterocycles. The van der Waals surface area contributed by atoms with Gasteiger partial charge in [0.1, 0.15) is 18.1 Å². The number of likely N-dealkylation sites (tertiary alicyclic amines) is 1. The number of nitrogens with one attached hydrogen (secondary N) is 3. The van der Waals surface area contributed by atoms with Gasteiger partial charge in [-0.15, -0.1) is 0 Å². The van der Waals surface area contributed by atoms with Gasteiger partial charge in [0, 0.05) is 25.6 Å². The Labute approximate surface area is 250 Å². The van der Waals surface area contributed by atoms with Crippen LogP contribution in [0.1, 0.15) is 64.5 Å². The fraction of sp³-hybridized carbons (Fsp3) is 0.471. The summed E-state index contributed by atoms with van der Waals surface area (Å²) >= 11 is 0. The minimum absolute atomic E-state index is 0.114. The van der Waals surface area contributed by atoms with Crippen LogP contribution < -0.4 is 16.0 Å². The van der Waals surface area contributed by atoms with Crippen molar-refractivity contribution in [3.63, 3.8) is 0 Å². The summed E-state index contributed by atoms with van der Waals surface area (Å²) < 4.78 is 0. The second kappa shape index (κ2) is 16.5. The number of amides is 4.